The number of aromatic nitrogens is 1. The number of allylic oxidation sites excluding steroid dienone is 1. The Labute approximate surface area is 176 Å². The number of carboxylic acid groups (broad SMARTS) is 1. The summed E-state index contributed by atoms with van der Waals surface area (Å²) in [4.78, 5) is 43.5. The first kappa shape index (κ1) is 22.8. The van der Waals surface area contributed by atoms with Gasteiger partial charge in [-0.15, -0.1) is 0 Å². The van der Waals surface area contributed by atoms with E-state index in [2.05, 4.69) is 4.98 Å². The lowest BCUT2D eigenvalue weighted by Crippen LogP contribution is -2.35. The van der Waals surface area contributed by atoms with Crippen molar-refractivity contribution in [2.45, 2.75) is 26.4 Å². The van der Waals surface area contributed by atoms with E-state index in [0.29, 0.717) is 12.0 Å². The summed E-state index contributed by atoms with van der Waals surface area (Å²) < 4.78 is 5.13. The first-order valence-electron chi connectivity index (χ1n) is 9.62. The Bertz CT molecular complexity index is 920. The van der Waals surface area contributed by atoms with Gasteiger partial charge in [0.1, 0.15) is 0 Å². The van der Waals surface area contributed by atoms with Crippen LogP contribution in [0.5, 0.6) is 0 Å². The summed E-state index contributed by atoms with van der Waals surface area (Å²) in [5, 5.41) is 9.58. The molecule has 0 aliphatic rings. The van der Waals surface area contributed by atoms with Crippen molar-refractivity contribution in [3.05, 3.63) is 59.9 Å². The molecular weight excluding hydrogens is 384 g/mol. The summed E-state index contributed by atoms with van der Waals surface area (Å²) in [6, 6.07) is 12.3. The van der Waals surface area contributed by atoms with Crippen LogP contribution >= 0.6 is 0 Å². The number of rotatable bonds is 9. The number of anilines is 1. The molecule has 7 nitrogen and oxygen atoms in total. The molecule has 2 unspecified atom stereocenters. The minimum absolute atomic E-state index is 0.0294. The van der Waals surface area contributed by atoms with Gasteiger partial charge < -0.3 is 14.7 Å². The third-order valence-corrected chi connectivity index (χ3v) is 4.56. The molecule has 0 aliphatic carbocycles. The number of ether oxygens (including phenoxy) is 1. The van der Waals surface area contributed by atoms with Crippen LogP contribution < -0.4 is 4.90 Å². The number of carbonyl (C=O) groups is 3. The molecule has 0 spiro atoms. The van der Waals surface area contributed by atoms with Gasteiger partial charge in [-0.05, 0) is 49.2 Å². The fraction of sp³-hybridized carbons (Fsp3) is 0.304. The van der Waals surface area contributed by atoms with E-state index in [4.69, 9.17) is 4.74 Å². The highest BCUT2D eigenvalue weighted by Crippen LogP contribution is 2.24. The quantitative estimate of drug-likeness (QED) is 0.385. The van der Waals surface area contributed by atoms with Crippen molar-refractivity contribution in [1.29, 1.82) is 0 Å². The molecule has 1 heterocycles. The number of carbonyl (C=O) groups excluding carboxylic acids is 2. The largest absolute Gasteiger partial charge is 0.480 e. The van der Waals surface area contributed by atoms with E-state index in [1.807, 2.05) is 31.1 Å². The van der Waals surface area contributed by atoms with Crippen LogP contribution in [0, 0.1) is 5.92 Å². The zero-order chi connectivity index (χ0) is 22.3. The van der Waals surface area contributed by atoms with Gasteiger partial charge >= 0.3 is 11.9 Å². The second kappa shape index (κ2) is 10.3. The molecule has 0 bridgehead atoms. The van der Waals surface area contributed by atoms with Crippen molar-refractivity contribution in [2.24, 2.45) is 5.92 Å². The number of pyridine rings is 1. The van der Waals surface area contributed by atoms with Crippen LogP contribution in [-0.4, -0.2) is 48.0 Å². The molecule has 1 N–H and O–H groups in total. The standard InChI is InChI=1S/C23H26N2O5/c1-5-15(2)30-23(29)20(22(27)28)21(26)18(19-8-6-7-13-24-19)14-16-9-11-17(12-10-16)25(3)4/h6-15,20H,5H2,1-4H3,(H,27,28). The smallest absolute Gasteiger partial charge is 0.328 e. The third-order valence-electron chi connectivity index (χ3n) is 4.56. The molecular formula is C23H26N2O5. The van der Waals surface area contributed by atoms with Crippen LogP contribution in [0.2, 0.25) is 0 Å². The fourth-order valence-electron chi connectivity index (χ4n) is 2.65. The van der Waals surface area contributed by atoms with Crippen molar-refractivity contribution in [3.63, 3.8) is 0 Å². The van der Waals surface area contributed by atoms with E-state index < -0.39 is 29.7 Å². The van der Waals surface area contributed by atoms with E-state index in [1.54, 1.807) is 44.2 Å². The van der Waals surface area contributed by atoms with Gasteiger partial charge in [0, 0.05) is 31.6 Å². The average Bonchev–Trinajstić information content (AvgIpc) is 2.72. The predicted molar refractivity (Wildman–Crippen MR) is 115 cm³/mol. The molecule has 2 aromatic rings. The summed E-state index contributed by atoms with van der Waals surface area (Å²) >= 11 is 0. The number of esters is 1. The summed E-state index contributed by atoms with van der Waals surface area (Å²) in [7, 11) is 3.82. The zero-order valence-corrected chi connectivity index (χ0v) is 17.5. The number of aliphatic carboxylic acids is 1. The van der Waals surface area contributed by atoms with E-state index in [0.717, 1.165) is 5.69 Å². The summed E-state index contributed by atoms with van der Waals surface area (Å²) in [5.41, 5.74) is 1.95. The van der Waals surface area contributed by atoms with Crippen molar-refractivity contribution < 1.29 is 24.2 Å². The lowest BCUT2D eigenvalue weighted by molar-refractivity contribution is -0.163. The Kier molecular flexibility index (Phi) is 7.86. The number of Topliss-reactive ketones (excluding diaryl/α,β-unsaturated/α-hetero) is 1. The number of nitrogens with zero attached hydrogens (tertiary/aromatic N) is 2. The first-order chi connectivity index (χ1) is 14.2. The van der Waals surface area contributed by atoms with E-state index in [9.17, 15) is 19.5 Å². The Hall–Kier alpha value is -3.48. The first-order valence-corrected chi connectivity index (χ1v) is 9.62. The lowest BCUT2D eigenvalue weighted by Gasteiger charge is -2.16. The molecule has 0 fully saturated rings. The molecule has 2 rings (SSSR count). The van der Waals surface area contributed by atoms with Crippen molar-refractivity contribution in [3.8, 4) is 0 Å². The van der Waals surface area contributed by atoms with Gasteiger partial charge in [0.25, 0.3) is 0 Å². The van der Waals surface area contributed by atoms with Crippen LogP contribution in [0.15, 0.2) is 48.7 Å². The monoisotopic (exact) mass is 410 g/mol. The highest BCUT2D eigenvalue weighted by Gasteiger charge is 2.38. The third kappa shape index (κ3) is 5.76. The van der Waals surface area contributed by atoms with Crippen LogP contribution in [-0.2, 0) is 19.1 Å². The number of hydrogen-bond donors (Lipinski definition) is 1. The molecule has 30 heavy (non-hydrogen) atoms. The normalized spacial score (nSPS) is 13.3. The highest BCUT2D eigenvalue weighted by atomic mass is 16.5. The Balaban J connectivity index is 2.49. The molecule has 158 valence electrons. The van der Waals surface area contributed by atoms with Gasteiger partial charge in [-0.3, -0.25) is 19.4 Å². The average molecular weight is 410 g/mol. The van der Waals surface area contributed by atoms with Crippen LogP contribution in [0.25, 0.3) is 11.6 Å². The van der Waals surface area contributed by atoms with Gasteiger partial charge in [-0.25, -0.2) is 0 Å². The topological polar surface area (TPSA) is 96.8 Å². The molecule has 2 atom stereocenters. The Morgan fingerprint density at radius 3 is 2.30 bits per heavy atom. The Morgan fingerprint density at radius 1 is 1.13 bits per heavy atom. The van der Waals surface area contributed by atoms with Gasteiger partial charge in [-0.2, -0.15) is 0 Å². The summed E-state index contributed by atoms with van der Waals surface area (Å²) in [6.07, 6.45) is 3.05. The van der Waals surface area contributed by atoms with Gasteiger partial charge in [-0.1, -0.05) is 25.1 Å². The van der Waals surface area contributed by atoms with Crippen LogP contribution in [0.3, 0.4) is 0 Å². The molecule has 0 radical (unpaired) electrons. The molecule has 0 aliphatic heterocycles. The molecule has 0 saturated carbocycles. The van der Waals surface area contributed by atoms with Gasteiger partial charge in [0.2, 0.25) is 5.92 Å². The van der Waals surface area contributed by atoms with Crippen molar-refractivity contribution in [2.75, 3.05) is 19.0 Å². The second-order valence-corrected chi connectivity index (χ2v) is 7.05. The Morgan fingerprint density at radius 2 is 1.80 bits per heavy atom. The second-order valence-electron chi connectivity index (χ2n) is 7.05. The minimum atomic E-state index is -1.96. The molecule has 1 aromatic heterocycles. The molecule has 1 aromatic carbocycles. The van der Waals surface area contributed by atoms with Crippen molar-refractivity contribution in [1.82, 2.24) is 4.98 Å². The molecule has 0 amide bonds. The van der Waals surface area contributed by atoms with E-state index in [1.165, 1.54) is 12.3 Å². The fourth-order valence-corrected chi connectivity index (χ4v) is 2.65. The number of carboxylic acids is 1. The molecule has 7 heteroatoms. The summed E-state index contributed by atoms with van der Waals surface area (Å²) in [6.45, 7) is 3.44. The number of benzene rings is 1. The van der Waals surface area contributed by atoms with Crippen molar-refractivity contribution >= 4 is 35.1 Å². The minimum Gasteiger partial charge on any atom is -0.480 e. The number of ketones is 1. The van der Waals surface area contributed by atoms with Gasteiger partial charge in [0.15, 0.2) is 5.78 Å². The van der Waals surface area contributed by atoms with Gasteiger partial charge in [0.05, 0.1) is 11.8 Å². The zero-order valence-electron chi connectivity index (χ0n) is 17.5. The lowest BCUT2D eigenvalue weighted by atomic mass is 9.93. The SMILES string of the molecule is CCC(C)OC(=O)C(C(=O)O)C(=O)C(=Cc1ccc(N(C)C)cc1)c1ccccn1. The van der Waals surface area contributed by atoms with Crippen LogP contribution in [0.1, 0.15) is 31.5 Å². The molecule has 0 saturated heterocycles. The number of hydrogen-bond acceptors (Lipinski definition) is 6. The van der Waals surface area contributed by atoms with E-state index in [-0.39, 0.29) is 11.3 Å². The summed E-state index contributed by atoms with van der Waals surface area (Å²) in [5.74, 6) is -5.47. The van der Waals surface area contributed by atoms with E-state index >= 15 is 0 Å². The maximum atomic E-state index is 13.2. The highest BCUT2D eigenvalue weighted by molar-refractivity contribution is 6.35. The van der Waals surface area contributed by atoms with Crippen LogP contribution in [0.4, 0.5) is 5.69 Å². The maximum Gasteiger partial charge on any atom is 0.328 e. The predicted octanol–water partition coefficient (Wildman–Crippen LogP) is 3.30. The maximum absolute atomic E-state index is 13.2.